The molecule has 0 bridgehead atoms. The molecule has 2 unspecified atom stereocenters. The molecule has 0 aromatic rings. The highest BCUT2D eigenvalue weighted by Gasteiger charge is 2.20. The van der Waals surface area contributed by atoms with Gasteiger partial charge < -0.3 is 20.3 Å². The summed E-state index contributed by atoms with van der Waals surface area (Å²) in [6.45, 7) is 4.99. The lowest BCUT2D eigenvalue weighted by Crippen LogP contribution is -2.45. The summed E-state index contributed by atoms with van der Waals surface area (Å²) in [5.74, 6) is -0.0132. The van der Waals surface area contributed by atoms with Crippen LogP contribution in [-0.2, 0) is 14.3 Å². The SMILES string of the molecule is CCCCCCC/C=C\CCCCCCCC(=O)OCCCCCCCCCCCCCCCC/C=C\CCCCCCCCCCCCCCCCCCCC(=O)NC(CO)C(O)CCCCCCCCCCCCCCCCCCCCCCCC. The van der Waals surface area contributed by atoms with Crippen LogP contribution >= 0.6 is 0 Å². The van der Waals surface area contributed by atoms with Crippen molar-refractivity contribution >= 4 is 11.9 Å². The molecule has 0 saturated heterocycles. The molecule has 1 amide bonds. The van der Waals surface area contributed by atoms with Crippen molar-refractivity contribution in [2.75, 3.05) is 13.2 Å². The zero-order valence-corrected chi connectivity index (χ0v) is 60.0. The second kappa shape index (κ2) is 77.8. The average Bonchev–Trinajstić information content (AvgIpc) is 3.58. The van der Waals surface area contributed by atoms with Crippen LogP contribution in [0, 0.1) is 0 Å². The Morgan fingerprint density at radius 2 is 0.534 bits per heavy atom. The van der Waals surface area contributed by atoms with Gasteiger partial charge in [0.05, 0.1) is 25.4 Å². The predicted octanol–water partition coefficient (Wildman–Crippen LogP) is 26.8. The van der Waals surface area contributed by atoms with Crippen molar-refractivity contribution in [2.45, 2.75) is 475 Å². The van der Waals surface area contributed by atoms with Crippen LogP contribution in [0.15, 0.2) is 24.3 Å². The van der Waals surface area contributed by atoms with Crippen LogP contribution in [-0.4, -0.2) is 47.4 Å². The molecule has 0 rings (SSSR count). The predicted molar refractivity (Wildman–Crippen MR) is 389 cm³/mol. The molecule has 2 atom stereocenters. The molecule has 522 valence electrons. The minimum atomic E-state index is -0.663. The van der Waals surface area contributed by atoms with Gasteiger partial charge in [-0.25, -0.2) is 0 Å². The number of carbonyl (C=O) groups is 2. The molecule has 0 saturated carbocycles. The summed E-state index contributed by atoms with van der Waals surface area (Å²) in [7, 11) is 0. The Hall–Kier alpha value is -1.66. The fraction of sp³-hybridized carbons (Fsp3) is 0.927. The molecule has 0 aromatic heterocycles. The van der Waals surface area contributed by atoms with E-state index in [1.807, 2.05) is 0 Å². The van der Waals surface area contributed by atoms with Gasteiger partial charge in [0.25, 0.3) is 0 Å². The maximum atomic E-state index is 12.6. The van der Waals surface area contributed by atoms with Crippen molar-refractivity contribution in [3.63, 3.8) is 0 Å². The first-order valence-electron chi connectivity index (χ1n) is 40.6. The Bertz CT molecular complexity index is 1380. The van der Waals surface area contributed by atoms with E-state index in [0.717, 1.165) is 44.9 Å². The van der Waals surface area contributed by atoms with Crippen LogP contribution in [0.1, 0.15) is 463 Å². The molecule has 0 aromatic carbocycles. The molecule has 6 nitrogen and oxygen atoms in total. The number of nitrogens with one attached hydrogen (secondary N) is 1. The first-order chi connectivity index (χ1) is 43.5. The van der Waals surface area contributed by atoms with Crippen LogP contribution in [0.2, 0.25) is 0 Å². The van der Waals surface area contributed by atoms with Crippen molar-refractivity contribution < 1.29 is 24.5 Å². The summed E-state index contributed by atoms with van der Waals surface area (Å²) in [6, 6.07) is -0.540. The number of aliphatic hydroxyl groups is 2. The zero-order valence-electron chi connectivity index (χ0n) is 60.0. The molecule has 0 radical (unpaired) electrons. The number of unbranched alkanes of at least 4 members (excludes halogenated alkanes) is 62. The molecule has 88 heavy (non-hydrogen) atoms. The number of amides is 1. The van der Waals surface area contributed by atoms with Crippen LogP contribution < -0.4 is 5.32 Å². The highest BCUT2D eigenvalue weighted by Crippen LogP contribution is 2.20. The quantitative estimate of drug-likeness (QED) is 0.0320. The number of hydrogen-bond acceptors (Lipinski definition) is 5. The Morgan fingerprint density at radius 1 is 0.307 bits per heavy atom. The van der Waals surface area contributed by atoms with Crippen molar-refractivity contribution in [3.05, 3.63) is 24.3 Å². The third kappa shape index (κ3) is 73.4. The Labute approximate surface area is 551 Å². The lowest BCUT2D eigenvalue weighted by molar-refractivity contribution is -0.143. The smallest absolute Gasteiger partial charge is 0.305 e. The molecular formula is C82H159NO5. The molecule has 0 aliphatic rings. The molecule has 0 aliphatic heterocycles. The molecular weight excluding hydrogens is 1080 g/mol. The topological polar surface area (TPSA) is 95.9 Å². The standard InChI is InChI=1S/C82H159NO5/c1-3-5-7-9-11-13-15-17-19-20-21-22-38-41-44-47-50-54-58-62-66-70-74-80(85)79(78-84)83-81(86)75-71-67-63-59-55-51-48-45-42-39-36-34-32-30-28-26-24-23-25-27-29-31-33-35-37-40-43-46-49-53-57-61-65-69-73-77-88-82(87)76-72-68-64-60-56-52-18-16-14-12-10-8-6-4-2/h16,18,25,27,79-80,84-85H,3-15,17,19-24,26,28-78H2,1-2H3,(H,83,86)/b18-16-,27-25-. The number of esters is 1. The van der Waals surface area contributed by atoms with Gasteiger partial charge in [-0.1, -0.05) is 398 Å². The zero-order chi connectivity index (χ0) is 63.5. The summed E-state index contributed by atoms with van der Waals surface area (Å²) in [5.41, 5.74) is 0. The van der Waals surface area contributed by atoms with Crippen molar-refractivity contribution in [1.82, 2.24) is 5.32 Å². The largest absolute Gasteiger partial charge is 0.466 e. The van der Waals surface area contributed by atoms with E-state index in [-0.39, 0.29) is 18.5 Å². The second-order valence-electron chi connectivity index (χ2n) is 28.1. The summed E-state index contributed by atoms with van der Waals surface area (Å²) in [5, 5.41) is 23.5. The van der Waals surface area contributed by atoms with Crippen LogP contribution in [0.4, 0.5) is 0 Å². The molecule has 3 N–H and O–H groups in total. The van der Waals surface area contributed by atoms with E-state index in [9.17, 15) is 19.8 Å². The van der Waals surface area contributed by atoms with Gasteiger partial charge in [-0.2, -0.15) is 0 Å². The molecule has 0 aliphatic carbocycles. The fourth-order valence-corrected chi connectivity index (χ4v) is 13.0. The fourth-order valence-electron chi connectivity index (χ4n) is 13.0. The first-order valence-corrected chi connectivity index (χ1v) is 40.6. The van der Waals surface area contributed by atoms with Gasteiger partial charge in [0.1, 0.15) is 0 Å². The number of aliphatic hydroxyl groups excluding tert-OH is 2. The van der Waals surface area contributed by atoms with E-state index in [1.165, 1.54) is 385 Å². The average molecular weight is 1240 g/mol. The summed E-state index contributed by atoms with van der Waals surface area (Å²) >= 11 is 0. The van der Waals surface area contributed by atoms with Gasteiger partial charge in [-0.15, -0.1) is 0 Å². The van der Waals surface area contributed by atoms with Gasteiger partial charge in [0, 0.05) is 12.8 Å². The first kappa shape index (κ1) is 86.3. The lowest BCUT2D eigenvalue weighted by atomic mass is 10.0. The van der Waals surface area contributed by atoms with Gasteiger partial charge in [-0.05, 0) is 77.0 Å². The minimum Gasteiger partial charge on any atom is -0.466 e. The van der Waals surface area contributed by atoms with Crippen molar-refractivity contribution in [3.8, 4) is 0 Å². The van der Waals surface area contributed by atoms with Gasteiger partial charge in [0.2, 0.25) is 5.91 Å². The third-order valence-electron chi connectivity index (χ3n) is 19.2. The van der Waals surface area contributed by atoms with E-state index in [0.29, 0.717) is 25.9 Å². The van der Waals surface area contributed by atoms with E-state index < -0.39 is 12.1 Å². The summed E-state index contributed by atoms with van der Waals surface area (Å²) in [4.78, 5) is 24.6. The Kier molecular flexibility index (Phi) is 76.3. The van der Waals surface area contributed by atoms with Crippen molar-refractivity contribution in [2.24, 2.45) is 0 Å². The maximum Gasteiger partial charge on any atom is 0.305 e. The monoisotopic (exact) mass is 1240 g/mol. The number of rotatable bonds is 77. The van der Waals surface area contributed by atoms with E-state index in [4.69, 9.17) is 4.74 Å². The molecule has 0 heterocycles. The normalized spacial score (nSPS) is 12.5. The summed E-state index contributed by atoms with van der Waals surface area (Å²) in [6.07, 6.45) is 100.0. The van der Waals surface area contributed by atoms with Crippen molar-refractivity contribution in [1.29, 1.82) is 0 Å². The highest BCUT2D eigenvalue weighted by atomic mass is 16.5. The minimum absolute atomic E-state index is 0.0126. The van der Waals surface area contributed by atoms with Crippen LogP contribution in [0.5, 0.6) is 0 Å². The Balaban J connectivity index is 3.34. The number of allylic oxidation sites excluding steroid dienone is 4. The van der Waals surface area contributed by atoms with Gasteiger partial charge in [0.15, 0.2) is 0 Å². The van der Waals surface area contributed by atoms with E-state index in [2.05, 4.69) is 43.5 Å². The van der Waals surface area contributed by atoms with E-state index in [1.54, 1.807) is 0 Å². The molecule has 0 spiro atoms. The number of hydrogen-bond donors (Lipinski definition) is 3. The third-order valence-corrected chi connectivity index (χ3v) is 19.2. The molecule has 6 heteroatoms. The van der Waals surface area contributed by atoms with Gasteiger partial charge >= 0.3 is 5.97 Å². The number of carbonyl (C=O) groups excluding carboxylic acids is 2. The van der Waals surface area contributed by atoms with Crippen LogP contribution in [0.3, 0.4) is 0 Å². The lowest BCUT2D eigenvalue weighted by Gasteiger charge is -2.22. The number of ether oxygens (including phenoxy) is 1. The summed E-state index contributed by atoms with van der Waals surface area (Å²) < 4.78 is 5.49. The highest BCUT2D eigenvalue weighted by molar-refractivity contribution is 5.76. The maximum absolute atomic E-state index is 12.6. The van der Waals surface area contributed by atoms with Gasteiger partial charge in [-0.3, -0.25) is 9.59 Å². The van der Waals surface area contributed by atoms with E-state index >= 15 is 0 Å². The Morgan fingerprint density at radius 3 is 0.807 bits per heavy atom. The second-order valence-corrected chi connectivity index (χ2v) is 28.1. The molecule has 0 fully saturated rings. The van der Waals surface area contributed by atoms with Crippen LogP contribution in [0.25, 0.3) is 0 Å².